The van der Waals surface area contributed by atoms with Gasteiger partial charge < -0.3 is 15.1 Å². The van der Waals surface area contributed by atoms with E-state index in [1.54, 1.807) is 18.6 Å². The first-order chi connectivity index (χ1) is 21.7. The number of aromatic nitrogens is 2. The van der Waals surface area contributed by atoms with Gasteiger partial charge in [-0.1, -0.05) is 18.7 Å². The molecule has 45 heavy (non-hydrogen) atoms. The molecule has 3 aromatic rings. The summed E-state index contributed by atoms with van der Waals surface area (Å²) in [5.74, 6) is 0.796. The molecule has 2 amide bonds. The number of aryl methyl sites for hydroxylation is 1. The molecule has 3 heterocycles. The minimum Gasteiger partial charge on any atom is -0.368 e. The van der Waals surface area contributed by atoms with E-state index in [2.05, 4.69) is 54.3 Å². The van der Waals surface area contributed by atoms with Crippen LogP contribution in [0.1, 0.15) is 25.8 Å². The quantitative estimate of drug-likeness (QED) is 0.191. The van der Waals surface area contributed by atoms with Crippen molar-refractivity contribution in [3.8, 4) is 11.4 Å². The second-order valence-electron chi connectivity index (χ2n) is 11.9. The first-order valence-electron chi connectivity index (χ1n) is 15.4. The predicted molar refractivity (Wildman–Crippen MR) is 181 cm³/mol. The number of rotatable bonds is 10. The molecular formula is C35H42N8O2. The minimum absolute atomic E-state index is 0.0308. The first kappa shape index (κ1) is 31.6. The smallest absolute Gasteiger partial charge is 0.236 e. The number of likely N-dealkylation sites (tertiary alicyclic amines) is 1. The van der Waals surface area contributed by atoms with Crippen LogP contribution < -0.4 is 15.6 Å². The molecule has 234 valence electrons. The third-order valence-electron chi connectivity index (χ3n) is 8.43. The molecule has 5 rings (SSSR count). The van der Waals surface area contributed by atoms with E-state index >= 15 is 0 Å². The lowest BCUT2D eigenvalue weighted by molar-refractivity contribution is -0.133. The lowest BCUT2D eigenvalue weighted by Crippen LogP contribution is -2.51. The van der Waals surface area contributed by atoms with Crippen LogP contribution in [0.4, 0.5) is 17.1 Å². The molecule has 1 atom stereocenters. The molecule has 2 saturated heterocycles. The SMILES string of the molecule is C=C(/C=C\C)/C=N/Nc1ccc(NC(=O)C2(C)CCN(CC(=O)N3CCN(c4ccc(-c5ncccn5)cc4)CC3)C2)cc1C. The van der Waals surface area contributed by atoms with Crippen molar-refractivity contribution in [2.24, 2.45) is 10.5 Å². The summed E-state index contributed by atoms with van der Waals surface area (Å²) in [7, 11) is 0. The Kier molecular flexibility index (Phi) is 10.0. The summed E-state index contributed by atoms with van der Waals surface area (Å²) < 4.78 is 0. The zero-order valence-corrected chi connectivity index (χ0v) is 26.4. The van der Waals surface area contributed by atoms with Crippen molar-refractivity contribution < 1.29 is 9.59 Å². The Morgan fingerprint density at radius 1 is 1.04 bits per heavy atom. The Morgan fingerprint density at radius 3 is 2.47 bits per heavy atom. The minimum atomic E-state index is -0.571. The summed E-state index contributed by atoms with van der Waals surface area (Å²) in [4.78, 5) is 41.5. The Labute approximate surface area is 265 Å². The van der Waals surface area contributed by atoms with Crippen molar-refractivity contribution in [3.63, 3.8) is 0 Å². The molecule has 2 aliphatic heterocycles. The summed E-state index contributed by atoms with van der Waals surface area (Å²) in [5, 5.41) is 7.32. The van der Waals surface area contributed by atoms with Gasteiger partial charge in [-0.15, -0.1) is 0 Å². The number of nitrogens with zero attached hydrogens (tertiary/aromatic N) is 6. The van der Waals surface area contributed by atoms with Gasteiger partial charge in [0.05, 0.1) is 23.9 Å². The number of hydrogen-bond donors (Lipinski definition) is 2. The number of carbonyl (C=O) groups is 2. The van der Waals surface area contributed by atoms with Gasteiger partial charge in [-0.05, 0) is 93.4 Å². The van der Waals surface area contributed by atoms with Crippen LogP contribution in [0.15, 0.2) is 90.3 Å². The highest BCUT2D eigenvalue weighted by atomic mass is 16.2. The Hall–Kier alpha value is -4.83. The maximum Gasteiger partial charge on any atom is 0.236 e. The molecule has 2 N–H and O–H groups in total. The summed E-state index contributed by atoms with van der Waals surface area (Å²) in [5.41, 5.74) is 7.92. The molecule has 0 radical (unpaired) electrons. The lowest BCUT2D eigenvalue weighted by Gasteiger charge is -2.37. The van der Waals surface area contributed by atoms with Gasteiger partial charge in [0.1, 0.15) is 0 Å². The van der Waals surface area contributed by atoms with Gasteiger partial charge in [-0.2, -0.15) is 5.10 Å². The van der Waals surface area contributed by atoms with E-state index < -0.39 is 5.41 Å². The highest BCUT2D eigenvalue weighted by Crippen LogP contribution is 2.32. The van der Waals surface area contributed by atoms with Crippen molar-refractivity contribution in [3.05, 3.63) is 90.8 Å². The van der Waals surface area contributed by atoms with Crippen LogP contribution in [0.5, 0.6) is 0 Å². The zero-order valence-electron chi connectivity index (χ0n) is 26.4. The van der Waals surface area contributed by atoms with Gasteiger partial charge in [-0.3, -0.25) is 19.9 Å². The average Bonchev–Trinajstić information content (AvgIpc) is 3.44. The largest absolute Gasteiger partial charge is 0.368 e. The van der Waals surface area contributed by atoms with Gasteiger partial charge in [0.15, 0.2) is 5.82 Å². The molecule has 1 unspecified atom stereocenters. The van der Waals surface area contributed by atoms with Crippen LogP contribution >= 0.6 is 0 Å². The third-order valence-corrected chi connectivity index (χ3v) is 8.43. The number of carbonyl (C=O) groups excluding carboxylic acids is 2. The van der Waals surface area contributed by atoms with Crippen molar-refractivity contribution >= 4 is 35.1 Å². The molecule has 0 bridgehead atoms. The van der Waals surface area contributed by atoms with Crippen molar-refractivity contribution in [2.45, 2.75) is 27.2 Å². The number of anilines is 3. The summed E-state index contributed by atoms with van der Waals surface area (Å²) in [6.07, 6.45) is 9.63. The molecule has 0 saturated carbocycles. The van der Waals surface area contributed by atoms with Crippen LogP contribution in [0, 0.1) is 12.3 Å². The Bertz CT molecular complexity index is 1560. The molecule has 2 aromatic carbocycles. The molecule has 10 nitrogen and oxygen atoms in total. The standard InChI is InChI=1S/C35H42N8O2/c1-5-7-26(2)23-38-40-31-13-10-29(22-27(31)3)39-34(45)35(4)14-17-41(25-35)24-32(44)43-20-18-42(19-21-43)30-11-8-28(9-12-30)33-36-15-6-16-37-33/h5-13,15-16,22-23,40H,2,14,17-21,24-25H2,1,3-4H3,(H,39,45)/b7-5-,38-23+. The second-order valence-corrected chi connectivity index (χ2v) is 11.9. The zero-order chi connectivity index (χ0) is 31.8. The Balaban J connectivity index is 1.08. The van der Waals surface area contributed by atoms with Gasteiger partial charge in [0.25, 0.3) is 0 Å². The fraction of sp³-hybridized carbons (Fsp3) is 0.343. The van der Waals surface area contributed by atoms with Crippen LogP contribution in [0.25, 0.3) is 11.4 Å². The van der Waals surface area contributed by atoms with Crippen molar-refractivity contribution in [1.82, 2.24) is 19.8 Å². The van der Waals surface area contributed by atoms with E-state index in [1.807, 2.05) is 74.2 Å². The van der Waals surface area contributed by atoms with E-state index in [0.29, 0.717) is 45.0 Å². The van der Waals surface area contributed by atoms with Crippen LogP contribution in [0.2, 0.25) is 0 Å². The molecule has 1 aromatic heterocycles. The molecule has 0 aliphatic carbocycles. The fourth-order valence-electron chi connectivity index (χ4n) is 5.74. The van der Waals surface area contributed by atoms with Crippen molar-refractivity contribution in [1.29, 1.82) is 0 Å². The van der Waals surface area contributed by atoms with E-state index in [9.17, 15) is 9.59 Å². The van der Waals surface area contributed by atoms with Crippen LogP contribution in [-0.4, -0.2) is 83.6 Å². The maximum absolute atomic E-state index is 13.3. The number of hydrogen-bond acceptors (Lipinski definition) is 8. The highest BCUT2D eigenvalue weighted by Gasteiger charge is 2.41. The third kappa shape index (κ3) is 8.02. The van der Waals surface area contributed by atoms with E-state index in [0.717, 1.165) is 46.9 Å². The molecule has 2 aliphatic rings. The van der Waals surface area contributed by atoms with Gasteiger partial charge in [0.2, 0.25) is 11.8 Å². The summed E-state index contributed by atoms with van der Waals surface area (Å²) in [6.45, 7) is 14.3. The molecular weight excluding hydrogens is 564 g/mol. The number of hydrazone groups is 1. The monoisotopic (exact) mass is 606 g/mol. The van der Waals surface area contributed by atoms with E-state index in [4.69, 9.17) is 0 Å². The fourth-order valence-corrected chi connectivity index (χ4v) is 5.74. The average molecular weight is 607 g/mol. The predicted octanol–water partition coefficient (Wildman–Crippen LogP) is 4.98. The Morgan fingerprint density at radius 2 is 1.78 bits per heavy atom. The number of allylic oxidation sites excluding steroid dienone is 3. The maximum atomic E-state index is 13.3. The normalized spacial score (nSPS) is 18.9. The van der Waals surface area contributed by atoms with Crippen LogP contribution in [-0.2, 0) is 9.59 Å². The number of amides is 2. The topological polar surface area (TPSA) is 106 Å². The summed E-state index contributed by atoms with van der Waals surface area (Å²) in [6, 6.07) is 15.8. The van der Waals surface area contributed by atoms with Gasteiger partial charge in [0, 0.05) is 62.1 Å². The van der Waals surface area contributed by atoms with Gasteiger partial charge in [-0.25, -0.2) is 9.97 Å². The van der Waals surface area contributed by atoms with E-state index in [-0.39, 0.29) is 11.8 Å². The molecule has 0 spiro atoms. The number of benzene rings is 2. The second kappa shape index (κ2) is 14.3. The first-order valence-corrected chi connectivity index (χ1v) is 15.4. The van der Waals surface area contributed by atoms with Gasteiger partial charge >= 0.3 is 0 Å². The number of piperazine rings is 1. The molecule has 10 heteroatoms. The number of nitrogens with one attached hydrogen (secondary N) is 2. The highest BCUT2D eigenvalue weighted by molar-refractivity contribution is 5.96. The van der Waals surface area contributed by atoms with E-state index in [1.165, 1.54) is 0 Å². The lowest BCUT2D eigenvalue weighted by atomic mass is 9.88. The van der Waals surface area contributed by atoms with Crippen LogP contribution in [0.3, 0.4) is 0 Å². The van der Waals surface area contributed by atoms with Crippen molar-refractivity contribution in [2.75, 3.05) is 61.5 Å². The summed E-state index contributed by atoms with van der Waals surface area (Å²) >= 11 is 0. The molecule has 2 fully saturated rings.